The number of carbonyl (C=O) groups excluding carboxylic acids is 1. The highest BCUT2D eigenvalue weighted by atomic mass is 32.2. The van der Waals surface area contributed by atoms with Crippen LogP contribution in [0.1, 0.15) is 11.1 Å². The second-order valence-electron chi connectivity index (χ2n) is 8.43. The molecule has 9 nitrogen and oxygen atoms in total. The Bertz CT molecular complexity index is 846. The van der Waals surface area contributed by atoms with E-state index in [0.29, 0.717) is 23.4 Å². The number of amides is 1. The summed E-state index contributed by atoms with van der Waals surface area (Å²) in [7, 11) is 3.29. The summed E-state index contributed by atoms with van der Waals surface area (Å²) in [5.74, 6) is 0.520. The first-order valence-corrected chi connectivity index (χ1v) is 12.3. The number of likely N-dealkylation sites (N-methyl/N-ethyl adjacent to an activating group) is 3. The smallest absolute Gasteiger partial charge is 0.248 e. The molecule has 0 radical (unpaired) electrons. The molecule has 0 unspecified atom stereocenters. The minimum Gasteiger partial charge on any atom is -0.497 e. The fraction of sp³-hybridized carbons (Fsp3) is 0.682. The van der Waals surface area contributed by atoms with Gasteiger partial charge < -0.3 is 19.3 Å². The van der Waals surface area contributed by atoms with Gasteiger partial charge in [-0.3, -0.25) is 9.69 Å². The van der Waals surface area contributed by atoms with Crippen LogP contribution in [0.25, 0.3) is 0 Å². The maximum Gasteiger partial charge on any atom is 0.248 e. The molecule has 0 atom stereocenters. The predicted octanol–water partition coefficient (Wildman–Crippen LogP) is 0.655. The zero-order valence-corrected chi connectivity index (χ0v) is 21.1. The van der Waals surface area contributed by atoms with Crippen molar-refractivity contribution in [1.29, 1.82) is 0 Å². The number of ether oxygens (including phenoxy) is 2. The van der Waals surface area contributed by atoms with Crippen molar-refractivity contribution in [2.75, 3.05) is 87.3 Å². The van der Waals surface area contributed by atoms with Crippen LogP contribution in [0.4, 0.5) is 0 Å². The third-order valence-corrected chi connectivity index (χ3v) is 8.05. The lowest BCUT2D eigenvalue weighted by molar-refractivity contribution is -0.135. The minimum atomic E-state index is -3.67. The standard InChI is InChI=1S/C22H38N4O5S/c1-18-15-20(30-6)16-19(2)22(18)32(28,29)25(5)13-14-31-17-21(27)24(4)9-12-26-10-7-23(3)8-11-26/h15-16H,7-14,17H2,1-6H3. The van der Waals surface area contributed by atoms with Crippen molar-refractivity contribution in [3.8, 4) is 5.75 Å². The van der Waals surface area contributed by atoms with Crippen molar-refractivity contribution in [1.82, 2.24) is 19.0 Å². The van der Waals surface area contributed by atoms with Crippen LogP contribution in [0.3, 0.4) is 0 Å². The summed E-state index contributed by atoms with van der Waals surface area (Å²) < 4.78 is 38.0. The Balaban J connectivity index is 1.77. The molecule has 1 saturated heterocycles. The predicted molar refractivity (Wildman–Crippen MR) is 125 cm³/mol. The zero-order valence-electron chi connectivity index (χ0n) is 20.3. The Morgan fingerprint density at radius 3 is 2.22 bits per heavy atom. The molecule has 1 fully saturated rings. The lowest BCUT2D eigenvalue weighted by Crippen LogP contribution is -2.47. The molecule has 2 rings (SSSR count). The van der Waals surface area contributed by atoms with Gasteiger partial charge in [-0.15, -0.1) is 0 Å². The van der Waals surface area contributed by atoms with Crippen LogP contribution < -0.4 is 4.74 Å². The van der Waals surface area contributed by atoms with Crippen LogP contribution in [-0.4, -0.2) is 121 Å². The zero-order chi connectivity index (χ0) is 23.9. The highest BCUT2D eigenvalue weighted by Crippen LogP contribution is 2.27. The van der Waals surface area contributed by atoms with Crippen molar-refractivity contribution in [2.24, 2.45) is 0 Å². The first-order chi connectivity index (χ1) is 15.1. The van der Waals surface area contributed by atoms with Crippen molar-refractivity contribution in [3.63, 3.8) is 0 Å². The molecule has 0 spiro atoms. The molecule has 0 bridgehead atoms. The molecule has 1 aliphatic heterocycles. The topological polar surface area (TPSA) is 82.6 Å². The third kappa shape index (κ3) is 7.14. The molecular weight excluding hydrogens is 432 g/mol. The Labute approximate surface area is 192 Å². The van der Waals surface area contributed by atoms with Gasteiger partial charge in [0.2, 0.25) is 15.9 Å². The Kier molecular flexibility index (Phi) is 9.90. The highest BCUT2D eigenvalue weighted by molar-refractivity contribution is 7.89. The molecule has 1 aromatic carbocycles. The van der Waals surface area contributed by atoms with Gasteiger partial charge in [-0.2, -0.15) is 4.31 Å². The quantitative estimate of drug-likeness (QED) is 0.439. The molecule has 1 heterocycles. The van der Waals surface area contributed by atoms with Crippen LogP contribution in [-0.2, 0) is 19.6 Å². The fourth-order valence-corrected chi connectivity index (χ4v) is 5.22. The molecule has 0 N–H and O–H groups in total. The van der Waals surface area contributed by atoms with Crippen molar-refractivity contribution in [3.05, 3.63) is 23.3 Å². The van der Waals surface area contributed by atoms with E-state index < -0.39 is 10.0 Å². The molecule has 0 aromatic heterocycles. The average Bonchev–Trinajstić information content (AvgIpc) is 2.74. The van der Waals surface area contributed by atoms with Gasteiger partial charge in [-0.05, 0) is 44.2 Å². The number of piperazine rings is 1. The minimum absolute atomic E-state index is 0.0618. The first-order valence-electron chi connectivity index (χ1n) is 10.9. The van der Waals surface area contributed by atoms with E-state index in [1.165, 1.54) is 11.4 Å². The normalized spacial score (nSPS) is 15.8. The molecule has 10 heteroatoms. The number of nitrogens with zero attached hydrogens (tertiary/aromatic N) is 4. The van der Waals surface area contributed by atoms with E-state index in [1.54, 1.807) is 45.0 Å². The van der Waals surface area contributed by atoms with E-state index in [4.69, 9.17) is 9.47 Å². The summed E-state index contributed by atoms with van der Waals surface area (Å²) in [6, 6.07) is 3.42. The SMILES string of the molecule is COc1cc(C)c(S(=O)(=O)N(C)CCOCC(=O)N(C)CCN2CCN(C)CC2)c(C)c1. The van der Waals surface area contributed by atoms with E-state index in [0.717, 1.165) is 32.7 Å². The first kappa shape index (κ1) is 26.5. The average molecular weight is 471 g/mol. The van der Waals surface area contributed by atoms with Gasteiger partial charge >= 0.3 is 0 Å². The molecule has 0 aliphatic carbocycles. The molecule has 1 aromatic rings. The third-order valence-electron chi connectivity index (χ3n) is 5.89. The van der Waals surface area contributed by atoms with Gasteiger partial charge in [0.25, 0.3) is 0 Å². The molecular formula is C22H38N4O5S. The maximum atomic E-state index is 13.0. The van der Waals surface area contributed by atoms with Crippen molar-refractivity contribution < 1.29 is 22.7 Å². The van der Waals surface area contributed by atoms with E-state index in [9.17, 15) is 13.2 Å². The monoisotopic (exact) mass is 470 g/mol. The van der Waals surface area contributed by atoms with Gasteiger partial charge in [0, 0.05) is 59.9 Å². The largest absolute Gasteiger partial charge is 0.497 e. The lowest BCUT2D eigenvalue weighted by Gasteiger charge is -2.33. The number of carbonyl (C=O) groups is 1. The Hall–Kier alpha value is -1.72. The summed E-state index contributed by atoms with van der Waals surface area (Å²) in [6.45, 7) is 9.37. The molecule has 1 amide bonds. The van der Waals surface area contributed by atoms with Crippen LogP contribution in [0.2, 0.25) is 0 Å². The summed E-state index contributed by atoms with van der Waals surface area (Å²) >= 11 is 0. The van der Waals surface area contributed by atoms with Crippen molar-refractivity contribution in [2.45, 2.75) is 18.7 Å². The molecule has 182 valence electrons. The van der Waals surface area contributed by atoms with E-state index >= 15 is 0 Å². The number of hydrogen-bond donors (Lipinski definition) is 0. The summed E-state index contributed by atoms with van der Waals surface area (Å²) in [6.07, 6.45) is 0. The number of rotatable bonds is 11. The second kappa shape index (κ2) is 11.9. The lowest BCUT2D eigenvalue weighted by atomic mass is 10.1. The van der Waals surface area contributed by atoms with E-state index in [2.05, 4.69) is 16.8 Å². The Morgan fingerprint density at radius 1 is 1.06 bits per heavy atom. The van der Waals surface area contributed by atoms with E-state index in [-0.39, 0.29) is 30.6 Å². The highest BCUT2D eigenvalue weighted by Gasteiger charge is 2.25. The summed E-state index contributed by atoms with van der Waals surface area (Å²) in [5.41, 5.74) is 1.26. The van der Waals surface area contributed by atoms with Crippen LogP contribution >= 0.6 is 0 Å². The number of benzene rings is 1. The number of hydrogen-bond acceptors (Lipinski definition) is 7. The summed E-state index contributed by atoms with van der Waals surface area (Å²) in [4.78, 5) is 18.9. The molecule has 1 aliphatic rings. The van der Waals surface area contributed by atoms with Gasteiger partial charge in [-0.25, -0.2) is 8.42 Å². The van der Waals surface area contributed by atoms with Gasteiger partial charge in [-0.1, -0.05) is 0 Å². The Morgan fingerprint density at radius 2 is 1.66 bits per heavy atom. The molecule has 32 heavy (non-hydrogen) atoms. The summed E-state index contributed by atoms with van der Waals surface area (Å²) in [5, 5.41) is 0. The van der Waals surface area contributed by atoms with Gasteiger partial charge in [0.05, 0.1) is 18.6 Å². The molecule has 0 saturated carbocycles. The second-order valence-corrected chi connectivity index (χ2v) is 10.4. The van der Waals surface area contributed by atoms with Gasteiger partial charge in [0.1, 0.15) is 12.4 Å². The fourth-order valence-electron chi connectivity index (χ4n) is 3.66. The van der Waals surface area contributed by atoms with Crippen LogP contribution in [0.5, 0.6) is 5.75 Å². The van der Waals surface area contributed by atoms with E-state index in [1.807, 2.05) is 0 Å². The van der Waals surface area contributed by atoms with Crippen LogP contribution in [0.15, 0.2) is 17.0 Å². The number of aryl methyl sites for hydroxylation is 2. The van der Waals surface area contributed by atoms with Crippen LogP contribution in [0, 0.1) is 13.8 Å². The van der Waals surface area contributed by atoms with Gasteiger partial charge in [0.15, 0.2) is 0 Å². The number of methoxy groups -OCH3 is 1. The number of sulfonamides is 1. The van der Waals surface area contributed by atoms with Crippen molar-refractivity contribution >= 4 is 15.9 Å². The maximum absolute atomic E-state index is 13.0.